The Balaban J connectivity index is 2.82. The number of likely N-dealkylation sites (N-methyl/N-ethyl adjacent to an activating group) is 1. The lowest BCUT2D eigenvalue weighted by atomic mass is 10.2. The molecular weight excluding hydrogens is 266 g/mol. The van der Waals surface area contributed by atoms with Crippen LogP contribution >= 0.6 is 0 Å². The molecule has 0 aromatic heterocycles. The SMILES string of the molecule is CCCOc1ccc(C=CC(=O)N(CC)CC)cc1OC. The summed E-state index contributed by atoms with van der Waals surface area (Å²) < 4.78 is 10.9. The molecular formula is C17H25NO3. The van der Waals surface area contributed by atoms with E-state index >= 15 is 0 Å². The zero-order chi connectivity index (χ0) is 15.7. The monoisotopic (exact) mass is 291 g/mol. The normalized spacial score (nSPS) is 10.7. The van der Waals surface area contributed by atoms with Gasteiger partial charge in [-0.2, -0.15) is 0 Å². The summed E-state index contributed by atoms with van der Waals surface area (Å²) in [4.78, 5) is 13.7. The first kappa shape index (κ1) is 17.1. The molecule has 116 valence electrons. The van der Waals surface area contributed by atoms with Crippen molar-refractivity contribution in [1.82, 2.24) is 4.90 Å². The van der Waals surface area contributed by atoms with Crippen molar-refractivity contribution < 1.29 is 14.3 Å². The summed E-state index contributed by atoms with van der Waals surface area (Å²) in [5, 5.41) is 0. The lowest BCUT2D eigenvalue weighted by Crippen LogP contribution is -2.28. The summed E-state index contributed by atoms with van der Waals surface area (Å²) in [7, 11) is 1.61. The third-order valence-corrected chi connectivity index (χ3v) is 3.14. The van der Waals surface area contributed by atoms with Crippen molar-refractivity contribution in [2.75, 3.05) is 26.8 Å². The van der Waals surface area contributed by atoms with Crippen LogP contribution in [0.3, 0.4) is 0 Å². The van der Waals surface area contributed by atoms with E-state index in [2.05, 4.69) is 6.92 Å². The number of hydrogen-bond donors (Lipinski definition) is 0. The predicted octanol–water partition coefficient (Wildman–Crippen LogP) is 3.37. The van der Waals surface area contributed by atoms with Gasteiger partial charge in [-0.3, -0.25) is 4.79 Å². The van der Waals surface area contributed by atoms with Crippen LogP contribution in [0.15, 0.2) is 24.3 Å². The van der Waals surface area contributed by atoms with Gasteiger partial charge in [-0.25, -0.2) is 0 Å². The van der Waals surface area contributed by atoms with Crippen LogP contribution in [-0.2, 0) is 4.79 Å². The number of carbonyl (C=O) groups is 1. The van der Waals surface area contributed by atoms with Crippen molar-refractivity contribution in [3.05, 3.63) is 29.8 Å². The van der Waals surface area contributed by atoms with Crippen molar-refractivity contribution in [3.63, 3.8) is 0 Å². The van der Waals surface area contributed by atoms with Gasteiger partial charge in [0.1, 0.15) is 0 Å². The van der Waals surface area contributed by atoms with Crippen LogP contribution in [0.25, 0.3) is 6.08 Å². The Hall–Kier alpha value is -1.97. The number of rotatable bonds is 8. The topological polar surface area (TPSA) is 38.8 Å². The highest BCUT2D eigenvalue weighted by Gasteiger charge is 2.06. The minimum absolute atomic E-state index is 0.0188. The third kappa shape index (κ3) is 5.14. The Morgan fingerprint density at radius 2 is 1.90 bits per heavy atom. The molecule has 1 aromatic rings. The minimum Gasteiger partial charge on any atom is -0.493 e. The molecule has 0 radical (unpaired) electrons. The van der Waals surface area contributed by atoms with Crippen LogP contribution in [0.1, 0.15) is 32.8 Å². The smallest absolute Gasteiger partial charge is 0.246 e. The number of hydrogen-bond acceptors (Lipinski definition) is 3. The molecule has 0 fully saturated rings. The standard InChI is InChI=1S/C17H25NO3/c1-5-12-21-15-10-8-14(13-16(15)20-4)9-11-17(19)18(6-2)7-3/h8-11,13H,5-7,12H2,1-4H3. The Morgan fingerprint density at radius 1 is 1.19 bits per heavy atom. The zero-order valence-electron chi connectivity index (χ0n) is 13.4. The van der Waals surface area contributed by atoms with Gasteiger partial charge in [0.15, 0.2) is 11.5 Å². The minimum atomic E-state index is 0.0188. The fraction of sp³-hybridized carbons (Fsp3) is 0.471. The summed E-state index contributed by atoms with van der Waals surface area (Å²) in [5.41, 5.74) is 0.913. The predicted molar refractivity (Wildman–Crippen MR) is 85.7 cm³/mol. The fourth-order valence-electron chi connectivity index (χ4n) is 1.93. The zero-order valence-corrected chi connectivity index (χ0v) is 13.4. The highest BCUT2D eigenvalue weighted by Crippen LogP contribution is 2.28. The van der Waals surface area contributed by atoms with Crippen LogP contribution in [0.2, 0.25) is 0 Å². The van der Waals surface area contributed by atoms with Crippen LogP contribution in [-0.4, -0.2) is 37.6 Å². The molecule has 21 heavy (non-hydrogen) atoms. The van der Waals surface area contributed by atoms with Crippen LogP contribution in [0.4, 0.5) is 0 Å². The largest absolute Gasteiger partial charge is 0.493 e. The summed E-state index contributed by atoms with van der Waals surface area (Å²) in [6.07, 6.45) is 4.34. The second kappa shape index (κ2) is 9.06. The Bertz CT molecular complexity index is 479. The highest BCUT2D eigenvalue weighted by molar-refractivity contribution is 5.91. The second-order valence-corrected chi connectivity index (χ2v) is 4.60. The first-order chi connectivity index (χ1) is 10.2. The maximum atomic E-state index is 11.9. The van der Waals surface area contributed by atoms with E-state index in [1.54, 1.807) is 24.2 Å². The average molecular weight is 291 g/mol. The summed E-state index contributed by atoms with van der Waals surface area (Å²) in [6.45, 7) is 8.09. The molecule has 0 N–H and O–H groups in total. The van der Waals surface area contributed by atoms with Gasteiger partial charge in [0.2, 0.25) is 5.91 Å². The van der Waals surface area contributed by atoms with E-state index in [9.17, 15) is 4.79 Å². The molecule has 4 heteroatoms. The van der Waals surface area contributed by atoms with E-state index in [0.29, 0.717) is 25.4 Å². The highest BCUT2D eigenvalue weighted by atomic mass is 16.5. The summed E-state index contributed by atoms with van der Waals surface area (Å²) in [5.74, 6) is 1.43. The lowest BCUT2D eigenvalue weighted by molar-refractivity contribution is -0.125. The van der Waals surface area contributed by atoms with Crippen molar-refractivity contribution in [2.24, 2.45) is 0 Å². The first-order valence-corrected chi connectivity index (χ1v) is 7.44. The quantitative estimate of drug-likeness (QED) is 0.689. The van der Waals surface area contributed by atoms with Gasteiger partial charge in [-0.1, -0.05) is 13.0 Å². The number of benzene rings is 1. The molecule has 1 amide bonds. The number of amides is 1. The van der Waals surface area contributed by atoms with Gasteiger partial charge in [0, 0.05) is 19.2 Å². The number of nitrogens with zero attached hydrogens (tertiary/aromatic N) is 1. The molecule has 0 heterocycles. The van der Waals surface area contributed by atoms with Gasteiger partial charge < -0.3 is 14.4 Å². The molecule has 0 aliphatic heterocycles. The van der Waals surface area contributed by atoms with E-state index in [4.69, 9.17) is 9.47 Å². The molecule has 0 spiro atoms. The number of ether oxygens (including phenoxy) is 2. The molecule has 0 unspecified atom stereocenters. The molecule has 4 nitrogen and oxygen atoms in total. The van der Waals surface area contributed by atoms with E-state index in [-0.39, 0.29) is 5.91 Å². The van der Waals surface area contributed by atoms with E-state index in [1.807, 2.05) is 32.0 Å². The summed E-state index contributed by atoms with van der Waals surface area (Å²) >= 11 is 0. The molecule has 0 aliphatic carbocycles. The molecule has 1 rings (SSSR count). The van der Waals surface area contributed by atoms with Gasteiger partial charge >= 0.3 is 0 Å². The Morgan fingerprint density at radius 3 is 2.48 bits per heavy atom. The lowest BCUT2D eigenvalue weighted by Gasteiger charge is -2.16. The summed E-state index contributed by atoms with van der Waals surface area (Å²) in [6, 6.07) is 5.66. The van der Waals surface area contributed by atoms with Crippen LogP contribution in [0, 0.1) is 0 Å². The Kier molecular flexibility index (Phi) is 7.37. The first-order valence-electron chi connectivity index (χ1n) is 7.44. The maximum Gasteiger partial charge on any atom is 0.246 e. The third-order valence-electron chi connectivity index (χ3n) is 3.14. The molecule has 1 aromatic carbocycles. The molecule has 0 saturated heterocycles. The van der Waals surface area contributed by atoms with Gasteiger partial charge in [-0.05, 0) is 44.0 Å². The van der Waals surface area contributed by atoms with Crippen molar-refractivity contribution >= 4 is 12.0 Å². The average Bonchev–Trinajstić information content (AvgIpc) is 2.52. The molecule has 0 saturated carbocycles. The molecule has 0 bridgehead atoms. The number of methoxy groups -OCH3 is 1. The van der Waals surface area contributed by atoms with E-state index in [0.717, 1.165) is 17.7 Å². The van der Waals surface area contributed by atoms with Crippen molar-refractivity contribution in [3.8, 4) is 11.5 Å². The van der Waals surface area contributed by atoms with E-state index < -0.39 is 0 Å². The molecule has 0 atom stereocenters. The molecule has 0 aliphatic rings. The van der Waals surface area contributed by atoms with Crippen molar-refractivity contribution in [2.45, 2.75) is 27.2 Å². The van der Waals surface area contributed by atoms with E-state index in [1.165, 1.54) is 0 Å². The Labute approximate surface area is 127 Å². The maximum absolute atomic E-state index is 11.9. The van der Waals surface area contributed by atoms with Crippen LogP contribution < -0.4 is 9.47 Å². The number of carbonyl (C=O) groups excluding carboxylic acids is 1. The van der Waals surface area contributed by atoms with Crippen LogP contribution in [0.5, 0.6) is 11.5 Å². The van der Waals surface area contributed by atoms with Crippen molar-refractivity contribution in [1.29, 1.82) is 0 Å². The fourth-order valence-corrected chi connectivity index (χ4v) is 1.93. The second-order valence-electron chi connectivity index (χ2n) is 4.60. The van der Waals surface area contributed by atoms with Gasteiger partial charge in [0.05, 0.1) is 13.7 Å². The van der Waals surface area contributed by atoms with Gasteiger partial charge in [0.25, 0.3) is 0 Å². The van der Waals surface area contributed by atoms with Gasteiger partial charge in [-0.15, -0.1) is 0 Å².